The summed E-state index contributed by atoms with van der Waals surface area (Å²) in [5, 5.41) is 33.1. The molecule has 48 heavy (non-hydrogen) atoms. The third-order valence-electron chi connectivity index (χ3n) is 9.36. The number of benzene rings is 4. The minimum absolute atomic E-state index is 0.161. The molecule has 0 unspecified atom stereocenters. The lowest BCUT2D eigenvalue weighted by atomic mass is 9.88. The molecule has 0 saturated carbocycles. The Morgan fingerprint density at radius 2 is 1.71 bits per heavy atom. The molecule has 7 nitrogen and oxygen atoms in total. The van der Waals surface area contributed by atoms with Crippen molar-refractivity contribution in [3.63, 3.8) is 0 Å². The highest BCUT2D eigenvalue weighted by atomic mass is 16.5. The van der Waals surface area contributed by atoms with E-state index >= 15 is 0 Å². The van der Waals surface area contributed by atoms with E-state index in [-0.39, 0.29) is 18.3 Å². The van der Waals surface area contributed by atoms with Gasteiger partial charge in [-0.1, -0.05) is 56.7 Å². The largest absolute Gasteiger partial charge is 0.508 e. The SMILES string of the molecule is CCCc1cccc(-c2cccc3c2CC[C@@H]3Cc2cc(OCc3cc(C#N)cc(C#N)c3)c(CN(CCC)CNC=O)cc2O)c1C. The van der Waals surface area contributed by atoms with Gasteiger partial charge in [0.05, 0.1) is 29.9 Å². The minimum atomic E-state index is 0.161. The van der Waals surface area contributed by atoms with E-state index in [0.29, 0.717) is 42.9 Å². The Balaban J connectivity index is 1.46. The Hall–Kier alpha value is -5.11. The predicted octanol–water partition coefficient (Wildman–Crippen LogP) is 7.83. The summed E-state index contributed by atoms with van der Waals surface area (Å²) in [5.74, 6) is 1.11. The van der Waals surface area contributed by atoms with Crippen LogP contribution in [0.1, 0.15) is 89.1 Å². The van der Waals surface area contributed by atoms with E-state index in [1.807, 2.05) is 6.07 Å². The summed E-state index contributed by atoms with van der Waals surface area (Å²) in [6.45, 7) is 8.28. The molecule has 1 aliphatic carbocycles. The molecule has 1 atom stereocenters. The second-order valence-corrected chi connectivity index (χ2v) is 12.7. The summed E-state index contributed by atoms with van der Waals surface area (Å²) in [5.41, 5.74) is 11.2. The first-order valence-corrected chi connectivity index (χ1v) is 16.9. The smallest absolute Gasteiger partial charge is 0.208 e. The van der Waals surface area contributed by atoms with E-state index in [1.165, 1.54) is 33.4 Å². The van der Waals surface area contributed by atoms with E-state index in [9.17, 15) is 20.4 Å². The number of nitrogens with zero attached hydrogens (tertiary/aromatic N) is 3. The van der Waals surface area contributed by atoms with Gasteiger partial charge in [-0.2, -0.15) is 10.5 Å². The molecule has 0 bridgehead atoms. The molecule has 0 heterocycles. The van der Waals surface area contributed by atoms with Gasteiger partial charge in [-0.25, -0.2) is 0 Å². The van der Waals surface area contributed by atoms with Crippen molar-refractivity contribution in [2.75, 3.05) is 13.2 Å². The minimum Gasteiger partial charge on any atom is -0.508 e. The van der Waals surface area contributed by atoms with Crippen molar-refractivity contribution in [3.05, 3.63) is 117 Å². The number of phenolic OH excluding ortho intramolecular Hbond substituents is 1. The summed E-state index contributed by atoms with van der Waals surface area (Å²) in [6, 6.07) is 26.3. The van der Waals surface area contributed by atoms with Crippen LogP contribution < -0.4 is 10.1 Å². The lowest BCUT2D eigenvalue weighted by Gasteiger charge is -2.24. The number of phenols is 1. The summed E-state index contributed by atoms with van der Waals surface area (Å²) >= 11 is 0. The number of hydrogen-bond donors (Lipinski definition) is 2. The number of nitriles is 2. The first-order valence-electron chi connectivity index (χ1n) is 16.9. The number of ether oxygens (including phenoxy) is 1. The molecule has 4 aromatic carbocycles. The lowest BCUT2D eigenvalue weighted by Crippen LogP contribution is -2.33. The highest BCUT2D eigenvalue weighted by Gasteiger charge is 2.27. The Bertz CT molecular complexity index is 1820. The van der Waals surface area contributed by atoms with Crippen LogP contribution in [-0.2, 0) is 37.2 Å². The third-order valence-corrected chi connectivity index (χ3v) is 9.36. The Labute approximate surface area is 284 Å². The molecule has 0 saturated heterocycles. The van der Waals surface area contributed by atoms with Crippen LogP contribution in [0.2, 0.25) is 0 Å². The third kappa shape index (κ3) is 7.88. The highest BCUT2D eigenvalue weighted by molar-refractivity contribution is 5.74. The van der Waals surface area contributed by atoms with Crippen LogP contribution in [0.15, 0.2) is 66.7 Å². The number of amides is 1. The van der Waals surface area contributed by atoms with Gasteiger partial charge >= 0.3 is 0 Å². The van der Waals surface area contributed by atoms with Gasteiger partial charge in [0.2, 0.25) is 6.41 Å². The second kappa shape index (κ2) is 16.1. The van der Waals surface area contributed by atoms with E-state index in [0.717, 1.165) is 55.3 Å². The Morgan fingerprint density at radius 3 is 2.42 bits per heavy atom. The zero-order chi connectivity index (χ0) is 34.0. The topological polar surface area (TPSA) is 109 Å². The molecule has 246 valence electrons. The number of nitrogens with one attached hydrogen (secondary N) is 1. The number of carbonyl (C=O) groups excluding carboxylic acids is 1. The van der Waals surface area contributed by atoms with Crippen molar-refractivity contribution in [2.24, 2.45) is 0 Å². The maximum absolute atomic E-state index is 11.4. The molecule has 0 spiro atoms. The van der Waals surface area contributed by atoms with Crippen LogP contribution in [0, 0.1) is 29.6 Å². The van der Waals surface area contributed by atoms with E-state index in [2.05, 4.69) is 79.5 Å². The molecule has 2 N–H and O–H groups in total. The van der Waals surface area contributed by atoms with Gasteiger partial charge in [0.15, 0.2) is 0 Å². The Kier molecular flexibility index (Phi) is 11.5. The van der Waals surface area contributed by atoms with Crippen molar-refractivity contribution in [1.29, 1.82) is 10.5 Å². The van der Waals surface area contributed by atoms with E-state index < -0.39 is 0 Å². The Morgan fingerprint density at radius 1 is 0.958 bits per heavy atom. The van der Waals surface area contributed by atoms with Crippen LogP contribution in [0.5, 0.6) is 11.5 Å². The molecule has 5 rings (SSSR count). The molecule has 0 aromatic heterocycles. The molecule has 0 fully saturated rings. The maximum Gasteiger partial charge on any atom is 0.208 e. The molecule has 4 aromatic rings. The zero-order valence-electron chi connectivity index (χ0n) is 28.2. The van der Waals surface area contributed by atoms with Gasteiger partial charge in [-0.3, -0.25) is 9.69 Å². The van der Waals surface area contributed by atoms with Gasteiger partial charge in [0.25, 0.3) is 0 Å². The highest BCUT2D eigenvalue weighted by Crippen LogP contribution is 2.43. The quantitative estimate of drug-likeness (QED) is 0.101. The predicted molar refractivity (Wildman–Crippen MR) is 188 cm³/mol. The number of carbonyl (C=O) groups is 1. The normalized spacial score (nSPS) is 13.5. The van der Waals surface area contributed by atoms with Crippen LogP contribution in [-0.4, -0.2) is 29.6 Å². The molecule has 7 heteroatoms. The number of aryl methyl sites for hydroxylation is 1. The number of fused-ring (bicyclic) bond motifs is 1. The summed E-state index contributed by atoms with van der Waals surface area (Å²) < 4.78 is 6.41. The second-order valence-electron chi connectivity index (χ2n) is 12.7. The van der Waals surface area contributed by atoms with Gasteiger partial charge in [-0.05, 0) is 126 Å². The summed E-state index contributed by atoms with van der Waals surface area (Å²) in [4.78, 5) is 13.1. The van der Waals surface area contributed by atoms with Crippen molar-refractivity contribution < 1.29 is 14.6 Å². The van der Waals surface area contributed by atoms with Crippen molar-refractivity contribution in [1.82, 2.24) is 10.2 Å². The van der Waals surface area contributed by atoms with E-state index in [4.69, 9.17) is 4.74 Å². The van der Waals surface area contributed by atoms with Crippen LogP contribution in [0.25, 0.3) is 11.1 Å². The first kappa shape index (κ1) is 34.2. The fourth-order valence-electron chi connectivity index (χ4n) is 7.06. The van der Waals surface area contributed by atoms with Gasteiger partial charge < -0.3 is 15.2 Å². The van der Waals surface area contributed by atoms with Gasteiger partial charge in [0.1, 0.15) is 18.1 Å². The molecule has 1 aliphatic rings. The number of rotatable bonds is 15. The average Bonchev–Trinajstić information content (AvgIpc) is 3.51. The van der Waals surface area contributed by atoms with Crippen molar-refractivity contribution in [2.45, 2.75) is 78.4 Å². The molecule has 0 radical (unpaired) electrons. The maximum atomic E-state index is 11.4. The lowest BCUT2D eigenvalue weighted by molar-refractivity contribution is -0.110. The number of aromatic hydroxyl groups is 1. The molecular weight excluding hydrogens is 596 g/mol. The zero-order valence-corrected chi connectivity index (χ0v) is 28.2. The summed E-state index contributed by atoms with van der Waals surface area (Å²) in [6.07, 6.45) is 6.42. The average molecular weight is 641 g/mol. The number of hydrogen-bond acceptors (Lipinski definition) is 6. The van der Waals surface area contributed by atoms with Crippen molar-refractivity contribution in [3.8, 4) is 34.8 Å². The summed E-state index contributed by atoms with van der Waals surface area (Å²) in [7, 11) is 0. The van der Waals surface area contributed by atoms with E-state index in [1.54, 1.807) is 24.3 Å². The van der Waals surface area contributed by atoms with Crippen LogP contribution in [0.4, 0.5) is 0 Å². The molecule has 1 amide bonds. The monoisotopic (exact) mass is 640 g/mol. The van der Waals surface area contributed by atoms with Crippen LogP contribution in [0.3, 0.4) is 0 Å². The first-order chi connectivity index (χ1) is 23.4. The van der Waals surface area contributed by atoms with Crippen LogP contribution >= 0.6 is 0 Å². The van der Waals surface area contributed by atoms with Gasteiger partial charge in [0, 0.05) is 12.1 Å². The standard InChI is InChI=1S/C41H44N4O3/c1-4-8-32-9-6-10-36(28(32)3)38-12-7-11-37-33(13-14-39(37)38)19-34-21-41(48-25-31-17-29(22-42)16-30(18-31)23-43)35(20-40(34)47)24-45(15-5-2)26-44-27-46/h6-7,9-12,16-18,20-21,27,33,47H,4-5,8,13-15,19,24-26H2,1-3H3,(H,44,46)/t33-/m1/s1. The fourth-order valence-corrected chi connectivity index (χ4v) is 7.06. The molecule has 0 aliphatic heterocycles. The van der Waals surface area contributed by atoms with Gasteiger partial charge in [-0.15, -0.1) is 0 Å². The fraction of sp³-hybridized carbons (Fsp3) is 0.341. The van der Waals surface area contributed by atoms with Crippen molar-refractivity contribution >= 4 is 6.41 Å². The molecular formula is C41H44N4O3.